The maximum Gasteiger partial charge on any atom is 0.168 e. The minimum atomic E-state index is 0.382. The van der Waals surface area contributed by atoms with Crippen molar-refractivity contribution < 1.29 is 4.74 Å². The molecule has 7 heteroatoms. The summed E-state index contributed by atoms with van der Waals surface area (Å²) in [5, 5.41) is 8.79. The van der Waals surface area contributed by atoms with Gasteiger partial charge in [-0.15, -0.1) is 0 Å². The quantitative estimate of drug-likeness (QED) is 0.576. The third-order valence-electron chi connectivity index (χ3n) is 5.20. The van der Waals surface area contributed by atoms with Gasteiger partial charge in [-0.3, -0.25) is 0 Å². The van der Waals surface area contributed by atoms with Gasteiger partial charge in [0.15, 0.2) is 5.65 Å². The van der Waals surface area contributed by atoms with Gasteiger partial charge >= 0.3 is 0 Å². The number of hydrogen-bond donors (Lipinski definition) is 1. The van der Waals surface area contributed by atoms with E-state index in [0.717, 1.165) is 48.0 Å². The van der Waals surface area contributed by atoms with Crippen LogP contribution in [0.5, 0.6) is 0 Å². The van der Waals surface area contributed by atoms with Crippen molar-refractivity contribution in [2.75, 3.05) is 30.0 Å². The van der Waals surface area contributed by atoms with Gasteiger partial charge < -0.3 is 15.0 Å². The van der Waals surface area contributed by atoms with Crippen LogP contribution in [0.4, 0.5) is 17.2 Å². The molecule has 1 N–H and O–H groups in total. The van der Waals surface area contributed by atoms with Crippen molar-refractivity contribution in [3.8, 4) is 5.69 Å². The highest BCUT2D eigenvalue weighted by Crippen LogP contribution is 2.27. The van der Waals surface area contributed by atoms with Crippen LogP contribution in [-0.2, 0) is 4.74 Å². The fourth-order valence-electron chi connectivity index (χ4n) is 3.69. The van der Waals surface area contributed by atoms with Crippen LogP contribution in [0.25, 0.3) is 16.7 Å². The SMILES string of the molecule is CC1COCCN1c1ccc(Nc2ncnc3c2cnn3-c2ccccc2)cc1. The Labute approximate surface area is 169 Å². The fourth-order valence-corrected chi connectivity index (χ4v) is 3.69. The third-order valence-corrected chi connectivity index (χ3v) is 5.20. The summed E-state index contributed by atoms with van der Waals surface area (Å²) in [5.74, 6) is 0.740. The molecular formula is C22H22N6O. The normalized spacial score (nSPS) is 16.9. The second-order valence-electron chi connectivity index (χ2n) is 7.14. The lowest BCUT2D eigenvalue weighted by molar-refractivity contribution is 0.0989. The minimum absolute atomic E-state index is 0.382. The summed E-state index contributed by atoms with van der Waals surface area (Å²) in [7, 11) is 0. The number of anilines is 3. The minimum Gasteiger partial charge on any atom is -0.377 e. The molecule has 1 fully saturated rings. The number of hydrogen-bond acceptors (Lipinski definition) is 6. The monoisotopic (exact) mass is 386 g/mol. The number of fused-ring (bicyclic) bond motifs is 1. The second kappa shape index (κ2) is 7.52. The van der Waals surface area contributed by atoms with Crippen molar-refractivity contribution in [1.82, 2.24) is 19.7 Å². The molecule has 7 nitrogen and oxygen atoms in total. The largest absolute Gasteiger partial charge is 0.377 e. The van der Waals surface area contributed by atoms with E-state index in [-0.39, 0.29) is 0 Å². The molecule has 0 aliphatic carbocycles. The summed E-state index contributed by atoms with van der Waals surface area (Å²) in [6.07, 6.45) is 3.37. The third kappa shape index (κ3) is 3.40. The van der Waals surface area contributed by atoms with Gasteiger partial charge in [-0.1, -0.05) is 18.2 Å². The Balaban J connectivity index is 1.41. The number of ether oxygens (including phenoxy) is 1. The van der Waals surface area contributed by atoms with Crippen molar-refractivity contribution in [2.24, 2.45) is 0 Å². The van der Waals surface area contributed by atoms with Crippen LogP contribution in [0.15, 0.2) is 67.1 Å². The molecule has 1 atom stereocenters. The van der Waals surface area contributed by atoms with Crippen LogP contribution in [0, 0.1) is 0 Å². The van der Waals surface area contributed by atoms with Gasteiger partial charge in [-0.25, -0.2) is 14.6 Å². The number of nitrogens with one attached hydrogen (secondary N) is 1. The van der Waals surface area contributed by atoms with Crippen LogP contribution in [0.3, 0.4) is 0 Å². The first-order chi connectivity index (χ1) is 14.3. The number of aromatic nitrogens is 4. The smallest absolute Gasteiger partial charge is 0.168 e. The van der Waals surface area contributed by atoms with E-state index in [4.69, 9.17) is 4.74 Å². The van der Waals surface area contributed by atoms with E-state index < -0.39 is 0 Å². The highest BCUT2D eigenvalue weighted by atomic mass is 16.5. The van der Waals surface area contributed by atoms with E-state index in [9.17, 15) is 0 Å². The molecule has 1 aliphatic rings. The van der Waals surface area contributed by atoms with E-state index in [2.05, 4.69) is 56.5 Å². The van der Waals surface area contributed by atoms with Crippen molar-refractivity contribution in [2.45, 2.75) is 13.0 Å². The zero-order valence-corrected chi connectivity index (χ0v) is 16.2. The molecule has 0 radical (unpaired) electrons. The Bertz CT molecular complexity index is 1110. The number of benzene rings is 2. The number of para-hydroxylation sites is 1. The lowest BCUT2D eigenvalue weighted by Gasteiger charge is -2.35. The second-order valence-corrected chi connectivity index (χ2v) is 7.14. The first-order valence-electron chi connectivity index (χ1n) is 9.75. The van der Waals surface area contributed by atoms with Gasteiger partial charge in [-0.2, -0.15) is 5.10 Å². The Morgan fingerprint density at radius 1 is 1.00 bits per heavy atom. The molecule has 4 aromatic rings. The van der Waals surface area contributed by atoms with E-state index >= 15 is 0 Å². The maximum absolute atomic E-state index is 5.53. The average molecular weight is 386 g/mol. The summed E-state index contributed by atoms with van der Waals surface area (Å²) in [4.78, 5) is 11.2. The molecule has 0 amide bonds. The van der Waals surface area contributed by atoms with E-state index in [1.807, 2.05) is 35.0 Å². The lowest BCUT2D eigenvalue weighted by Crippen LogP contribution is -2.43. The molecule has 2 aromatic heterocycles. The molecule has 0 bridgehead atoms. The van der Waals surface area contributed by atoms with Crippen LogP contribution in [-0.4, -0.2) is 45.5 Å². The summed E-state index contributed by atoms with van der Waals surface area (Å²) in [5.41, 5.74) is 3.92. The first-order valence-corrected chi connectivity index (χ1v) is 9.75. The molecule has 1 aliphatic heterocycles. The molecule has 1 unspecified atom stereocenters. The van der Waals surface area contributed by atoms with E-state index in [1.54, 1.807) is 12.5 Å². The summed E-state index contributed by atoms with van der Waals surface area (Å²) in [6.45, 7) is 4.64. The molecule has 5 rings (SSSR count). The highest BCUT2D eigenvalue weighted by Gasteiger charge is 2.19. The summed E-state index contributed by atoms with van der Waals surface area (Å²) < 4.78 is 7.36. The van der Waals surface area contributed by atoms with E-state index in [0.29, 0.717) is 6.04 Å². The van der Waals surface area contributed by atoms with Gasteiger partial charge in [0, 0.05) is 24.0 Å². The van der Waals surface area contributed by atoms with Gasteiger partial charge in [-0.05, 0) is 43.3 Å². The Kier molecular flexibility index (Phi) is 4.57. The van der Waals surface area contributed by atoms with Crippen LogP contribution < -0.4 is 10.2 Å². The zero-order valence-electron chi connectivity index (χ0n) is 16.2. The predicted octanol–water partition coefficient (Wildman–Crippen LogP) is 3.78. The Morgan fingerprint density at radius 2 is 1.83 bits per heavy atom. The van der Waals surface area contributed by atoms with Crippen molar-refractivity contribution in [1.29, 1.82) is 0 Å². The molecule has 3 heterocycles. The lowest BCUT2D eigenvalue weighted by atomic mass is 10.2. The highest BCUT2D eigenvalue weighted by molar-refractivity contribution is 5.89. The predicted molar refractivity (Wildman–Crippen MR) is 114 cm³/mol. The Hall–Kier alpha value is -3.45. The molecule has 0 saturated carbocycles. The van der Waals surface area contributed by atoms with Crippen LogP contribution >= 0.6 is 0 Å². The fraction of sp³-hybridized carbons (Fsp3) is 0.227. The average Bonchev–Trinajstić information content (AvgIpc) is 3.21. The molecule has 29 heavy (non-hydrogen) atoms. The van der Waals surface area contributed by atoms with Gasteiger partial charge in [0.25, 0.3) is 0 Å². The zero-order chi connectivity index (χ0) is 19.6. The summed E-state index contributed by atoms with van der Waals surface area (Å²) in [6, 6.07) is 18.8. The molecule has 146 valence electrons. The van der Waals surface area contributed by atoms with Gasteiger partial charge in [0.2, 0.25) is 0 Å². The van der Waals surface area contributed by atoms with Crippen LogP contribution in [0.2, 0.25) is 0 Å². The van der Waals surface area contributed by atoms with E-state index in [1.165, 1.54) is 5.69 Å². The molecule has 0 spiro atoms. The van der Waals surface area contributed by atoms with Gasteiger partial charge in [0.1, 0.15) is 12.1 Å². The topological polar surface area (TPSA) is 68.1 Å². The number of rotatable bonds is 4. The summed E-state index contributed by atoms with van der Waals surface area (Å²) >= 11 is 0. The maximum atomic E-state index is 5.53. The standard InChI is InChI=1S/C22H22N6O/c1-16-14-29-12-11-27(16)18-9-7-17(8-10-18)26-21-20-13-25-28(22(20)24-15-23-21)19-5-3-2-4-6-19/h2-10,13,15-16H,11-12,14H2,1H3,(H,23,24,26). The number of morpholine rings is 1. The molecule has 1 saturated heterocycles. The van der Waals surface area contributed by atoms with Crippen molar-refractivity contribution in [3.05, 3.63) is 67.1 Å². The Morgan fingerprint density at radius 3 is 2.62 bits per heavy atom. The number of nitrogens with zero attached hydrogens (tertiary/aromatic N) is 5. The first kappa shape index (κ1) is 17.6. The van der Waals surface area contributed by atoms with Crippen LogP contribution in [0.1, 0.15) is 6.92 Å². The molecule has 2 aromatic carbocycles. The van der Waals surface area contributed by atoms with Gasteiger partial charge in [0.05, 0.1) is 30.5 Å². The van der Waals surface area contributed by atoms with Crippen molar-refractivity contribution in [3.63, 3.8) is 0 Å². The molecular weight excluding hydrogens is 364 g/mol. The van der Waals surface area contributed by atoms with Crippen molar-refractivity contribution >= 4 is 28.2 Å².